The third kappa shape index (κ3) is 10.3. The first-order valence-corrected chi connectivity index (χ1v) is 10.0. The summed E-state index contributed by atoms with van der Waals surface area (Å²) in [6.45, 7) is 8.65. The molecule has 1 aliphatic heterocycles. The van der Waals surface area contributed by atoms with E-state index in [0.29, 0.717) is 0 Å². The lowest BCUT2D eigenvalue weighted by molar-refractivity contribution is 0.224. The highest BCUT2D eigenvalue weighted by atomic mass is 127. The third-order valence-electron chi connectivity index (χ3n) is 4.60. The summed E-state index contributed by atoms with van der Waals surface area (Å²) in [7, 11) is 0. The minimum Gasteiger partial charge on any atom is -0.357 e. The Morgan fingerprint density at radius 3 is 2.69 bits per heavy atom. The van der Waals surface area contributed by atoms with Gasteiger partial charge in [-0.25, -0.2) is 0 Å². The highest BCUT2D eigenvalue weighted by molar-refractivity contribution is 14.0. The Hall–Kier alpha value is -0.890. The number of nitrogens with zero attached hydrogens (tertiary/aromatic N) is 3. The van der Waals surface area contributed by atoms with Crippen LogP contribution in [0.2, 0.25) is 0 Å². The van der Waals surface area contributed by atoms with Gasteiger partial charge in [0, 0.05) is 37.9 Å². The van der Waals surface area contributed by atoms with E-state index in [2.05, 4.69) is 38.5 Å². The molecule has 1 aromatic rings. The SMILES string of the molecule is CCNC(=NCCCCCN1CCCCC1)NCCc1ccccn1.I. The van der Waals surface area contributed by atoms with Gasteiger partial charge < -0.3 is 15.5 Å². The standard InChI is InChI=1S/C20H35N5.HI/c1-2-21-20(24-15-12-19-11-5-7-13-22-19)23-14-6-3-8-16-25-17-9-4-10-18-25;/h5,7,11,13H,2-4,6,8-10,12,14-18H2,1H3,(H2,21,23,24);1H. The highest BCUT2D eigenvalue weighted by Gasteiger charge is 2.08. The Morgan fingerprint density at radius 1 is 1.12 bits per heavy atom. The Morgan fingerprint density at radius 2 is 1.96 bits per heavy atom. The van der Waals surface area contributed by atoms with Gasteiger partial charge in [0.2, 0.25) is 0 Å². The van der Waals surface area contributed by atoms with Crippen molar-refractivity contribution >= 4 is 29.9 Å². The minimum absolute atomic E-state index is 0. The summed E-state index contributed by atoms with van der Waals surface area (Å²) in [4.78, 5) is 11.7. The monoisotopic (exact) mass is 473 g/mol. The van der Waals surface area contributed by atoms with E-state index in [9.17, 15) is 0 Å². The number of unbranched alkanes of at least 4 members (excludes halogenated alkanes) is 2. The summed E-state index contributed by atoms with van der Waals surface area (Å²) >= 11 is 0. The van der Waals surface area contributed by atoms with Gasteiger partial charge in [0.05, 0.1) is 0 Å². The van der Waals surface area contributed by atoms with Gasteiger partial charge >= 0.3 is 0 Å². The molecule has 148 valence electrons. The quantitative estimate of drug-likeness (QED) is 0.237. The second-order valence-corrected chi connectivity index (χ2v) is 6.72. The zero-order chi connectivity index (χ0) is 17.6. The molecule has 0 aliphatic carbocycles. The average Bonchev–Trinajstić information content (AvgIpc) is 2.66. The second-order valence-electron chi connectivity index (χ2n) is 6.72. The molecule has 1 fully saturated rings. The number of hydrogen-bond acceptors (Lipinski definition) is 3. The summed E-state index contributed by atoms with van der Waals surface area (Å²) in [5.41, 5.74) is 1.11. The lowest BCUT2D eigenvalue weighted by Gasteiger charge is -2.26. The van der Waals surface area contributed by atoms with Crippen LogP contribution in [-0.2, 0) is 6.42 Å². The normalized spacial score (nSPS) is 15.3. The molecule has 0 bridgehead atoms. The van der Waals surface area contributed by atoms with Crippen LogP contribution in [0.5, 0.6) is 0 Å². The molecule has 1 saturated heterocycles. The van der Waals surface area contributed by atoms with Crippen LogP contribution in [0.1, 0.15) is 51.1 Å². The molecule has 0 amide bonds. The Kier molecular flexibility index (Phi) is 13.5. The Bertz CT molecular complexity index is 474. The summed E-state index contributed by atoms with van der Waals surface area (Å²) in [5, 5.41) is 6.72. The summed E-state index contributed by atoms with van der Waals surface area (Å²) < 4.78 is 0. The molecule has 0 saturated carbocycles. The largest absolute Gasteiger partial charge is 0.357 e. The van der Waals surface area contributed by atoms with E-state index in [1.54, 1.807) is 0 Å². The van der Waals surface area contributed by atoms with Gasteiger partial charge in [-0.3, -0.25) is 9.98 Å². The molecule has 1 aliphatic rings. The number of rotatable bonds is 10. The van der Waals surface area contributed by atoms with Crippen molar-refractivity contribution in [3.8, 4) is 0 Å². The molecule has 1 aromatic heterocycles. The highest BCUT2D eigenvalue weighted by Crippen LogP contribution is 2.09. The number of halogens is 1. The van der Waals surface area contributed by atoms with Crippen LogP contribution in [0, 0.1) is 0 Å². The molecule has 2 rings (SSSR count). The maximum absolute atomic E-state index is 4.69. The number of nitrogens with one attached hydrogen (secondary N) is 2. The number of piperidine rings is 1. The van der Waals surface area contributed by atoms with E-state index in [1.165, 1.54) is 58.2 Å². The fourth-order valence-electron chi connectivity index (χ4n) is 3.19. The van der Waals surface area contributed by atoms with E-state index >= 15 is 0 Å². The maximum atomic E-state index is 4.69. The maximum Gasteiger partial charge on any atom is 0.191 e. The van der Waals surface area contributed by atoms with Gasteiger partial charge in [-0.1, -0.05) is 18.9 Å². The third-order valence-corrected chi connectivity index (χ3v) is 4.60. The second kappa shape index (κ2) is 15.2. The molecule has 0 unspecified atom stereocenters. The molecule has 6 heteroatoms. The first-order chi connectivity index (χ1) is 12.4. The van der Waals surface area contributed by atoms with E-state index in [1.807, 2.05) is 18.3 Å². The van der Waals surface area contributed by atoms with Crippen molar-refractivity contribution in [3.63, 3.8) is 0 Å². The van der Waals surface area contributed by atoms with Crippen molar-refractivity contribution in [1.29, 1.82) is 0 Å². The van der Waals surface area contributed by atoms with Gasteiger partial charge in [-0.2, -0.15) is 0 Å². The zero-order valence-electron chi connectivity index (χ0n) is 16.3. The molecule has 2 N–H and O–H groups in total. The molecule has 5 nitrogen and oxygen atoms in total. The summed E-state index contributed by atoms with van der Waals surface area (Å²) in [5.74, 6) is 0.925. The van der Waals surface area contributed by atoms with Crippen molar-refractivity contribution in [3.05, 3.63) is 30.1 Å². The lowest BCUT2D eigenvalue weighted by Crippen LogP contribution is -2.38. The molecular weight excluding hydrogens is 437 g/mol. The van der Waals surface area contributed by atoms with Crippen molar-refractivity contribution in [1.82, 2.24) is 20.5 Å². The number of hydrogen-bond donors (Lipinski definition) is 2. The molecule has 0 spiro atoms. The average molecular weight is 473 g/mol. The lowest BCUT2D eigenvalue weighted by atomic mass is 10.1. The van der Waals surface area contributed by atoms with E-state index in [0.717, 1.165) is 37.7 Å². The number of guanidine groups is 1. The molecule has 0 atom stereocenters. The number of aliphatic imine (C=N–C) groups is 1. The predicted octanol–water partition coefficient (Wildman–Crippen LogP) is 3.45. The van der Waals surface area contributed by atoms with Crippen LogP contribution in [0.4, 0.5) is 0 Å². The van der Waals surface area contributed by atoms with Crippen molar-refractivity contribution in [2.75, 3.05) is 39.3 Å². The zero-order valence-corrected chi connectivity index (χ0v) is 18.6. The van der Waals surface area contributed by atoms with Gasteiger partial charge in [0.1, 0.15) is 0 Å². The Labute approximate surface area is 176 Å². The van der Waals surface area contributed by atoms with E-state index in [4.69, 9.17) is 0 Å². The van der Waals surface area contributed by atoms with E-state index < -0.39 is 0 Å². The van der Waals surface area contributed by atoms with Crippen molar-refractivity contribution < 1.29 is 0 Å². The predicted molar refractivity (Wildman–Crippen MR) is 121 cm³/mol. The first kappa shape index (κ1) is 23.1. The van der Waals surface area contributed by atoms with Gasteiger partial charge in [0.25, 0.3) is 0 Å². The minimum atomic E-state index is 0. The van der Waals surface area contributed by atoms with Gasteiger partial charge in [-0.05, 0) is 64.4 Å². The van der Waals surface area contributed by atoms with Crippen LogP contribution in [0.15, 0.2) is 29.4 Å². The summed E-state index contributed by atoms with van der Waals surface area (Å²) in [6.07, 6.45) is 10.7. The fourth-order valence-corrected chi connectivity index (χ4v) is 3.19. The smallest absolute Gasteiger partial charge is 0.191 e. The topological polar surface area (TPSA) is 52.6 Å². The van der Waals surface area contributed by atoms with Crippen molar-refractivity contribution in [2.24, 2.45) is 4.99 Å². The molecular formula is C20H36IN5. The van der Waals surface area contributed by atoms with Crippen LogP contribution >= 0.6 is 24.0 Å². The fraction of sp³-hybridized carbons (Fsp3) is 0.700. The van der Waals surface area contributed by atoms with E-state index in [-0.39, 0.29) is 24.0 Å². The molecule has 26 heavy (non-hydrogen) atoms. The van der Waals surface area contributed by atoms with Crippen LogP contribution in [0.25, 0.3) is 0 Å². The van der Waals surface area contributed by atoms with Gasteiger partial charge in [0.15, 0.2) is 5.96 Å². The van der Waals surface area contributed by atoms with Crippen molar-refractivity contribution in [2.45, 2.75) is 51.9 Å². The molecule has 2 heterocycles. The van der Waals surface area contributed by atoms with Crippen LogP contribution < -0.4 is 10.6 Å². The van der Waals surface area contributed by atoms with Crippen LogP contribution in [0.3, 0.4) is 0 Å². The Balaban J connectivity index is 0.00000338. The molecule has 0 aromatic carbocycles. The van der Waals surface area contributed by atoms with Crippen LogP contribution in [-0.4, -0.2) is 55.1 Å². The van der Waals surface area contributed by atoms with Gasteiger partial charge in [-0.15, -0.1) is 24.0 Å². The first-order valence-electron chi connectivity index (χ1n) is 10.0. The molecule has 0 radical (unpaired) electrons. The number of likely N-dealkylation sites (tertiary alicyclic amines) is 1. The number of pyridine rings is 1. The number of aromatic nitrogens is 1. The summed E-state index contributed by atoms with van der Waals surface area (Å²) in [6, 6.07) is 6.05.